The van der Waals surface area contributed by atoms with Gasteiger partial charge in [-0.1, -0.05) is 24.1 Å². The van der Waals surface area contributed by atoms with Crippen molar-refractivity contribution in [3.8, 4) is 17.1 Å². The van der Waals surface area contributed by atoms with Crippen LogP contribution in [0.4, 0.5) is 0 Å². The van der Waals surface area contributed by atoms with E-state index < -0.39 is 5.41 Å². The summed E-state index contributed by atoms with van der Waals surface area (Å²) in [4.78, 5) is 33.3. The van der Waals surface area contributed by atoms with E-state index in [2.05, 4.69) is 69.7 Å². The normalized spacial score (nSPS) is 22.4. The number of H-pyrrole nitrogens is 1. The first-order valence-electron chi connectivity index (χ1n) is 16.2. The number of carbonyl (C=O) groups excluding carboxylic acids is 2. The molecule has 3 fully saturated rings. The summed E-state index contributed by atoms with van der Waals surface area (Å²) in [5, 5.41) is 9.86. The van der Waals surface area contributed by atoms with Crippen LogP contribution in [0.1, 0.15) is 93.4 Å². The summed E-state index contributed by atoms with van der Waals surface area (Å²) >= 11 is 0. The highest BCUT2D eigenvalue weighted by Gasteiger charge is 2.46. The van der Waals surface area contributed by atoms with E-state index >= 15 is 0 Å². The monoisotopic (exact) mass is 598 g/mol. The van der Waals surface area contributed by atoms with Gasteiger partial charge in [0.2, 0.25) is 17.7 Å². The molecule has 0 aliphatic carbocycles. The van der Waals surface area contributed by atoms with E-state index in [0.29, 0.717) is 23.9 Å². The Morgan fingerprint density at radius 2 is 1.70 bits per heavy atom. The minimum Gasteiger partial charge on any atom is -0.475 e. The van der Waals surface area contributed by atoms with E-state index in [0.717, 1.165) is 73.1 Å². The zero-order chi connectivity index (χ0) is 31.0. The van der Waals surface area contributed by atoms with Gasteiger partial charge in [-0.05, 0) is 101 Å². The molecule has 3 saturated heterocycles. The molecule has 2 bridgehead atoms. The third-order valence-electron chi connectivity index (χ3n) is 9.75. The van der Waals surface area contributed by atoms with Crippen LogP contribution in [0.2, 0.25) is 0 Å². The van der Waals surface area contributed by atoms with Crippen molar-refractivity contribution < 1.29 is 14.3 Å². The van der Waals surface area contributed by atoms with Gasteiger partial charge in [-0.2, -0.15) is 0 Å². The molecule has 3 aliphatic heterocycles. The second-order valence-electron chi connectivity index (χ2n) is 13.9. The predicted molar refractivity (Wildman–Crippen MR) is 170 cm³/mol. The number of rotatable bonds is 10. The molecule has 2 atom stereocenters. The quantitative estimate of drug-likeness (QED) is 0.312. The van der Waals surface area contributed by atoms with Crippen LogP contribution >= 0.6 is 0 Å². The molecule has 234 valence electrons. The van der Waals surface area contributed by atoms with Crippen LogP contribution < -0.4 is 10.2 Å². The molecular formula is C35H46N6O3. The van der Waals surface area contributed by atoms with Crippen LogP contribution in [0.25, 0.3) is 11.3 Å². The standard InChI is InChI=1S/C35H46N6O3/c1-22-16-23(2)18-27(17-22)32-31(24(3)19-30(42)39-40-15-12-26(20-40)25-10-13-36-14-11-25)33(38-37-32)44-21-35(4,5)34(43)41-28-6-7-29(41)9-8-28/h10-11,13-14,16-18,24,26,28-29H,6-9,12,15,19-21H2,1-5H3,(H,37,38)(H,39,42)/t24-,26+,28?,29?/m0/s1. The zero-order valence-electron chi connectivity index (χ0n) is 26.7. The van der Waals surface area contributed by atoms with Gasteiger partial charge in [-0.25, -0.2) is 5.01 Å². The van der Waals surface area contributed by atoms with Crippen LogP contribution in [0.5, 0.6) is 5.88 Å². The van der Waals surface area contributed by atoms with Crippen LogP contribution in [-0.2, 0) is 9.59 Å². The van der Waals surface area contributed by atoms with Gasteiger partial charge < -0.3 is 9.64 Å². The number of ether oxygens (including phenoxy) is 1. The number of hydrazine groups is 1. The van der Waals surface area contributed by atoms with Crippen molar-refractivity contribution in [1.29, 1.82) is 0 Å². The number of hydrogen-bond donors (Lipinski definition) is 2. The zero-order valence-corrected chi connectivity index (χ0v) is 26.7. The lowest BCUT2D eigenvalue weighted by Gasteiger charge is -2.32. The molecule has 2 amide bonds. The summed E-state index contributed by atoms with van der Waals surface area (Å²) in [6.07, 6.45) is 9.35. The third-order valence-corrected chi connectivity index (χ3v) is 9.75. The lowest BCUT2D eigenvalue weighted by Crippen LogP contribution is -2.46. The van der Waals surface area contributed by atoms with Crippen LogP contribution in [-0.4, -0.2) is 68.7 Å². The number of aromatic nitrogens is 3. The number of nitrogens with zero attached hydrogens (tertiary/aromatic N) is 4. The topological polar surface area (TPSA) is 103 Å². The first kappa shape index (κ1) is 30.3. The molecule has 1 aromatic carbocycles. The molecule has 3 aliphatic rings. The van der Waals surface area contributed by atoms with Crippen molar-refractivity contribution in [2.24, 2.45) is 5.41 Å². The van der Waals surface area contributed by atoms with Crippen molar-refractivity contribution in [2.45, 2.75) is 97.1 Å². The molecule has 0 unspecified atom stereocenters. The molecule has 0 radical (unpaired) electrons. The molecular weight excluding hydrogens is 552 g/mol. The Hall–Kier alpha value is -3.72. The summed E-state index contributed by atoms with van der Waals surface area (Å²) in [5.74, 6) is 0.793. The Bertz CT molecular complexity index is 1460. The highest BCUT2D eigenvalue weighted by molar-refractivity contribution is 5.83. The van der Waals surface area contributed by atoms with Crippen molar-refractivity contribution in [2.75, 3.05) is 19.7 Å². The van der Waals surface area contributed by atoms with E-state index in [1.807, 2.05) is 38.2 Å². The molecule has 44 heavy (non-hydrogen) atoms. The van der Waals surface area contributed by atoms with Gasteiger partial charge in [0.05, 0.1) is 11.1 Å². The highest BCUT2D eigenvalue weighted by Crippen LogP contribution is 2.41. The van der Waals surface area contributed by atoms with Gasteiger partial charge in [0.1, 0.15) is 6.61 Å². The van der Waals surface area contributed by atoms with E-state index in [1.54, 1.807) is 0 Å². The van der Waals surface area contributed by atoms with Crippen molar-refractivity contribution in [3.05, 3.63) is 65.0 Å². The Labute approximate surface area is 260 Å². The number of carbonyl (C=O) groups is 2. The largest absolute Gasteiger partial charge is 0.475 e. The number of aryl methyl sites for hydroxylation is 2. The summed E-state index contributed by atoms with van der Waals surface area (Å²) in [6, 6.07) is 11.2. The summed E-state index contributed by atoms with van der Waals surface area (Å²) in [6.45, 7) is 11.9. The van der Waals surface area contributed by atoms with Crippen molar-refractivity contribution in [3.63, 3.8) is 0 Å². The molecule has 6 rings (SSSR count). The molecule has 9 heteroatoms. The lowest BCUT2D eigenvalue weighted by atomic mass is 9.91. The molecule has 0 spiro atoms. The Balaban J connectivity index is 1.18. The van der Waals surface area contributed by atoms with Crippen LogP contribution in [0.3, 0.4) is 0 Å². The Morgan fingerprint density at radius 1 is 1.05 bits per heavy atom. The lowest BCUT2D eigenvalue weighted by molar-refractivity contribution is -0.143. The second kappa shape index (κ2) is 12.3. The first-order valence-corrected chi connectivity index (χ1v) is 16.2. The fraction of sp³-hybridized carbons (Fsp3) is 0.543. The van der Waals surface area contributed by atoms with Gasteiger partial charge in [-0.15, -0.1) is 5.10 Å². The number of benzene rings is 1. The van der Waals surface area contributed by atoms with Crippen molar-refractivity contribution in [1.82, 2.24) is 30.5 Å². The van der Waals surface area contributed by atoms with Gasteiger partial charge in [0.25, 0.3) is 0 Å². The minimum atomic E-state index is -0.691. The summed E-state index contributed by atoms with van der Waals surface area (Å²) in [7, 11) is 0. The SMILES string of the molecule is Cc1cc(C)cc(-c2[nH]nc(OCC(C)(C)C(=O)N3C4CCC3CC4)c2[C@@H](C)CC(=O)NN2CC[C@@H](c3ccncc3)C2)c1. The maximum Gasteiger partial charge on any atom is 0.236 e. The molecule has 0 saturated carbocycles. The Morgan fingerprint density at radius 3 is 2.36 bits per heavy atom. The fourth-order valence-corrected chi connectivity index (χ4v) is 7.52. The summed E-state index contributed by atoms with van der Waals surface area (Å²) < 4.78 is 6.40. The van der Waals surface area contributed by atoms with Gasteiger partial charge in [0, 0.05) is 55.1 Å². The van der Waals surface area contributed by atoms with Gasteiger partial charge in [0.15, 0.2) is 0 Å². The number of hydrogen-bond acceptors (Lipinski definition) is 6. The van der Waals surface area contributed by atoms with Gasteiger partial charge in [-0.3, -0.25) is 25.1 Å². The number of pyridine rings is 1. The van der Waals surface area contributed by atoms with E-state index in [-0.39, 0.29) is 30.8 Å². The molecule has 3 aromatic rings. The molecule has 2 aromatic heterocycles. The second-order valence-corrected chi connectivity index (χ2v) is 13.9. The average molecular weight is 599 g/mol. The van der Waals surface area contributed by atoms with Gasteiger partial charge >= 0.3 is 0 Å². The molecule has 2 N–H and O–H groups in total. The van der Waals surface area contributed by atoms with Crippen LogP contribution in [0, 0.1) is 19.3 Å². The minimum absolute atomic E-state index is 0.0357. The number of amides is 2. The maximum atomic E-state index is 13.7. The molecule has 9 nitrogen and oxygen atoms in total. The predicted octanol–water partition coefficient (Wildman–Crippen LogP) is 5.66. The number of nitrogens with one attached hydrogen (secondary N) is 2. The van der Waals surface area contributed by atoms with E-state index in [4.69, 9.17) is 4.74 Å². The highest BCUT2D eigenvalue weighted by atomic mass is 16.5. The van der Waals surface area contributed by atoms with Crippen molar-refractivity contribution >= 4 is 11.8 Å². The van der Waals surface area contributed by atoms with E-state index in [9.17, 15) is 9.59 Å². The average Bonchev–Trinajstić information content (AvgIpc) is 3.79. The number of aromatic amines is 1. The van der Waals surface area contributed by atoms with E-state index in [1.165, 1.54) is 5.56 Å². The fourth-order valence-electron chi connectivity index (χ4n) is 7.52. The number of fused-ring (bicyclic) bond motifs is 2. The smallest absolute Gasteiger partial charge is 0.236 e. The molecule has 5 heterocycles. The first-order chi connectivity index (χ1) is 21.1. The van der Waals surface area contributed by atoms with Crippen LogP contribution in [0.15, 0.2) is 42.7 Å². The maximum absolute atomic E-state index is 13.7. The third kappa shape index (κ3) is 6.25. The Kier molecular flexibility index (Phi) is 8.51. The summed E-state index contributed by atoms with van der Waals surface area (Å²) in [5.41, 5.74) is 8.74.